The summed E-state index contributed by atoms with van der Waals surface area (Å²) in [6.07, 6.45) is 9.80. The van der Waals surface area contributed by atoms with Crippen molar-refractivity contribution in [1.29, 1.82) is 0 Å². The summed E-state index contributed by atoms with van der Waals surface area (Å²) in [7, 11) is -8.34. The quantitative estimate of drug-likeness (QED) is 0.182. The number of benzene rings is 2. The number of halogens is 1. The molecule has 1 aliphatic carbocycles. The van der Waals surface area contributed by atoms with Crippen LogP contribution in [-0.4, -0.2) is 60.5 Å². The van der Waals surface area contributed by atoms with Crippen LogP contribution in [0, 0.1) is 0 Å². The van der Waals surface area contributed by atoms with Crippen LogP contribution < -0.4 is 4.57 Å². The van der Waals surface area contributed by atoms with Gasteiger partial charge in [0.15, 0.2) is 12.4 Å². The molecule has 0 radical (unpaired) electrons. The molecule has 0 saturated carbocycles. The zero-order valence-electron chi connectivity index (χ0n) is 24.9. The summed E-state index contributed by atoms with van der Waals surface area (Å²) in [5.74, 6) is 0.626. The van der Waals surface area contributed by atoms with Crippen molar-refractivity contribution in [2.45, 2.75) is 57.1 Å². The van der Waals surface area contributed by atoms with Crippen molar-refractivity contribution in [2.24, 2.45) is 0 Å². The summed E-state index contributed by atoms with van der Waals surface area (Å²) in [4.78, 5) is 1.93. The van der Waals surface area contributed by atoms with Crippen LogP contribution >= 0.6 is 11.6 Å². The largest absolute Gasteiger partial charge is 0.469 e. The van der Waals surface area contributed by atoms with Gasteiger partial charge in [-0.1, -0.05) is 54.9 Å². The first-order valence-electron chi connectivity index (χ1n) is 14.7. The lowest BCUT2D eigenvalue weighted by atomic mass is 10.1. The first-order chi connectivity index (χ1) is 21.3. The van der Waals surface area contributed by atoms with Gasteiger partial charge in [-0.25, -0.2) is 0 Å². The number of oxazole rings is 1. The molecule has 1 aliphatic heterocycles. The van der Waals surface area contributed by atoms with Gasteiger partial charge in [0.1, 0.15) is 6.10 Å². The van der Waals surface area contributed by atoms with Crippen molar-refractivity contribution in [3.63, 3.8) is 0 Å². The monoisotopic (exact) mass is 675 g/mol. The molecular weight excluding hydrogens is 640 g/mol. The lowest BCUT2D eigenvalue weighted by Crippen LogP contribution is -2.37. The molecule has 240 valence electrons. The minimum atomic E-state index is -4.22. The fourth-order valence-corrected chi connectivity index (χ4v) is 6.51. The molecule has 2 heterocycles. The molecule has 0 amide bonds. The molecule has 0 spiro atoms. The Morgan fingerprint density at radius 3 is 2.56 bits per heavy atom. The van der Waals surface area contributed by atoms with Gasteiger partial charge in [-0.3, -0.25) is 9.11 Å². The van der Waals surface area contributed by atoms with E-state index in [4.69, 9.17) is 20.8 Å². The Bertz CT molecular complexity index is 1900. The number of aromatic nitrogens is 1. The summed E-state index contributed by atoms with van der Waals surface area (Å²) < 4.78 is 79.7. The van der Waals surface area contributed by atoms with Gasteiger partial charge >= 0.3 is 5.89 Å². The van der Waals surface area contributed by atoms with E-state index in [1.165, 1.54) is 6.92 Å². The van der Waals surface area contributed by atoms with E-state index in [9.17, 15) is 25.9 Å². The number of hydrogen-bond acceptors (Lipinski definition) is 7. The maximum absolute atomic E-state index is 11.8. The summed E-state index contributed by atoms with van der Waals surface area (Å²) in [6.45, 7) is 4.01. The fraction of sp³-hybridized carbons (Fsp3) is 0.344. The van der Waals surface area contributed by atoms with Crippen LogP contribution in [-0.2, 0) is 31.5 Å². The Labute approximate surface area is 268 Å². The van der Waals surface area contributed by atoms with Crippen LogP contribution in [0.15, 0.2) is 93.7 Å². The number of allylic oxidation sites excluding steroid dienone is 4. The third-order valence-corrected chi connectivity index (χ3v) is 10.3. The number of fused-ring (bicyclic) bond motifs is 2. The van der Waals surface area contributed by atoms with Gasteiger partial charge in [-0.2, -0.15) is 21.4 Å². The highest BCUT2D eigenvalue weighted by molar-refractivity contribution is 7.86. The lowest BCUT2D eigenvalue weighted by molar-refractivity contribution is -0.678. The second-order valence-corrected chi connectivity index (χ2v) is 15.0. The van der Waals surface area contributed by atoms with Gasteiger partial charge in [-0.15, -0.1) is 0 Å². The zero-order valence-corrected chi connectivity index (χ0v) is 27.3. The van der Waals surface area contributed by atoms with Gasteiger partial charge in [0.05, 0.1) is 23.1 Å². The van der Waals surface area contributed by atoms with E-state index in [-0.39, 0.29) is 37.3 Å². The zero-order chi connectivity index (χ0) is 32.4. The van der Waals surface area contributed by atoms with E-state index in [2.05, 4.69) is 0 Å². The molecule has 1 aromatic heterocycles. The Morgan fingerprint density at radius 1 is 1.11 bits per heavy atom. The fourth-order valence-electron chi connectivity index (χ4n) is 5.41. The molecule has 2 aromatic carbocycles. The minimum Gasteiger partial charge on any atom is -0.469 e. The maximum Gasteiger partial charge on any atom is 0.374 e. The molecule has 2 N–H and O–H groups in total. The number of aryl methyl sites for hydroxylation is 1. The first kappa shape index (κ1) is 33.0. The van der Waals surface area contributed by atoms with Gasteiger partial charge in [0, 0.05) is 30.1 Å². The normalized spacial score (nSPS) is 20.4. The Morgan fingerprint density at radius 2 is 1.87 bits per heavy atom. The predicted octanol–water partition coefficient (Wildman–Crippen LogP) is 5.73. The maximum atomic E-state index is 11.8. The highest BCUT2D eigenvalue weighted by atomic mass is 35.5. The molecule has 45 heavy (non-hydrogen) atoms. The van der Waals surface area contributed by atoms with Gasteiger partial charge < -0.3 is 14.1 Å². The molecule has 10 nitrogen and oxygen atoms in total. The Balaban J connectivity index is 1.54. The van der Waals surface area contributed by atoms with E-state index in [1.807, 2.05) is 89.2 Å². The summed E-state index contributed by atoms with van der Waals surface area (Å²) in [6, 6.07) is 15.5. The molecule has 3 aromatic rings. The highest BCUT2D eigenvalue weighted by Crippen LogP contribution is 2.34. The summed E-state index contributed by atoms with van der Waals surface area (Å²) in [5.41, 5.74) is 4.21. The second-order valence-electron chi connectivity index (χ2n) is 11.1. The third-order valence-electron chi connectivity index (χ3n) is 7.94. The molecular formula is C32H36ClN2O8S2+. The molecule has 1 saturated heterocycles. The molecule has 3 atom stereocenters. The predicted molar refractivity (Wildman–Crippen MR) is 173 cm³/mol. The van der Waals surface area contributed by atoms with Crippen molar-refractivity contribution in [1.82, 2.24) is 4.90 Å². The van der Waals surface area contributed by atoms with Crippen LogP contribution in [0.5, 0.6) is 0 Å². The van der Waals surface area contributed by atoms with Gasteiger partial charge in [-0.05, 0) is 60.8 Å². The van der Waals surface area contributed by atoms with Crippen LogP contribution in [0.3, 0.4) is 0 Å². The molecule has 2 aliphatic rings. The van der Waals surface area contributed by atoms with Crippen LogP contribution in [0.1, 0.15) is 39.0 Å². The van der Waals surface area contributed by atoms with Crippen molar-refractivity contribution in [3.05, 3.63) is 95.2 Å². The number of nitrogens with zero attached hydrogens (tertiary/aromatic N) is 2. The van der Waals surface area contributed by atoms with Crippen LogP contribution in [0.4, 0.5) is 0 Å². The van der Waals surface area contributed by atoms with E-state index >= 15 is 0 Å². The standard InChI is InChI=1S/C32H35ClN2O8S2/c1-3-23(18-31-34(15-7-17-44(36,37)38)28-21-26(33)11-13-30(28)43-31)19-32-35(16-14-22(2)45(39,40)41)27-20-25(10-12-29(27)42-32)24-8-5-4-6-9-24/h4-6,8-13,18-22,28,30H,3,7,14-17H2,1-2H3,(H-,36,37,38,39,40,41)/p+1. The summed E-state index contributed by atoms with van der Waals surface area (Å²) in [5, 5.41) is -0.430. The molecule has 0 bridgehead atoms. The van der Waals surface area contributed by atoms with Crippen molar-refractivity contribution < 1.29 is 39.7 Å². The van der Waals surface area contributed by atoms with E-state index in [1.54, 1.807) is 6.08 Å². The Hall–Kier alpha value is -3.42. The molecule has 3 unspecified atom stereocenters. The second kappa shape index (κ2) is 13.5. The smallest absolute Gasteiger partial charge is 0.374 e. The van der Waals surface area contributed by atoms with Gasteiger partial charge in [0.25, 0.3) is 25.8 Å². The Kier molecular flexibility index (Phi) is 9.90. The lowest BCUT2D eigenvalue weighted by Gasteiger charge is -2.24. The van der Waals surface area contributed by atoms with E-state index in [0.29, 0.717) is 35.4 Å². The molecule has 5 rings (SSSR count). The van der Waals surface area contributed by atoms with Crippen LogP contribution in [0.25, 0.3) is 28.3 Å². The average Bonchev–Trinajstić information content (AvgIpc) is 3.50. The van der Waals surface area contributed by atoms with E-state index in [0.717, 1.165) is 22.2 Å². The van der Waals surface area contributed by atoms with Crippen molar-refractivity contribution in [3.8, 4) is 11.1 Å². The first-order valence-corrected chi connectivity index (χ1v) is 18.2. The molecule has 13 heteroatoms. The number of rotatable bonds is 12. The van der Waals surface area contributed by atoms with Gasteiger partial charge in [0.2, 0.25) is 5.58 Å². The number of ether oxygens (including phenoxy) is 1. The topological polar surface area (TPSA) is 138 Å². The van der Waals surface area contributed by atoms with Crippen molar-refractivity contribution >= 4 is 49.0 Å². The average molecular weight is 676 g/mol. The number of hydrogen-bond donors (Lipinski definition) is 2. The minimum absolute atomic E-state index is 0.157. The highest BCUT2D eigenvalue weighted by Gasteiger charge is 2.38. The van der Waals surface area contributed by atoms with Crippen LogP contribution in [0.2, 0.25) is 0 Å². The third kappa shape index (κ3) is 8.06. The van der Waals surface area contributed by atoms with E-state index < -0.39 is 25.5 Å². The summed E-state index contributed by atoms with van der Waals surface area (Å²) >= 11 is 6.29. The van der Waals surface area contributed by atoms with Crippen molar-refractivity contribution in [2.75, 3.05) is 12.3 Å². The molecule has 1 fully saturated rings. The SMILES string of the molecule is CCC(=Cc1oc2ccc(-c3ccccc3)cc2[n+]1CCC(C)S(=O)(=O)O)C=C1OC2C=CC(Cl)=CC2N1CCCS(=O)(=O)O.